The number of amides is 1. The standard InChI is InChI=1S/C16H13ClN2O4/c1-19-12-7-9(3-5-14(12)23-16(19)21)15(20)18-10-4-6-13(22-2)11(17)8-10/h3-8H,1-2H3,(H,18,20). The lowest BCUT2D eigenvalue weighted by molar-refractivity contribution is 0.102. The Morgan fingerprint density at radius 3 is 2.74 bits per heavy atom. The molecule has 0 spiro atoms. The summed E-state index contributed by atoms with van der Waals surface area (Å²) in [6, 6.07) is 9.74. The van der Waals surface area contributed by atoms with Crippen LogP contribution in [0.5, 0.6) is 5.75 Å². The molecule has 6 nitrogen and oxygen atoms in total. The van der Waals surface area contributed by atoms with Gasteiger partial charge in [-0.15, -0.1) is 0 Å². The molecule has 0 aliphatic heterocycles. The molecule has 0 unspecified atom stereocenters. The van der Waals surface area contributed by atoms with Crippen molar-refractivity contribution in [2.75, 3.05) is 12.4 Å². The summed E-state index contributed by atoms with van der Waals surface area (Å²) in [5.41, 5.74) is 1.93. The van der Waals surface area contributed by atoms with Gasteiger partial charge in [0.2, 0.25) is 0 Å². The van der Waals surface area contributed by atoms with Crippen molar-refractivity contribution in [3.63, 3.8) is 0 Å². The summed E-state index contributed by atoms with van der Waals surface area (Å²) in [6.45, 7) is 0. The van der Waals surface area contributed by atoms with E-state index < -0.39 is 5.76 Å². The van der Waals surface area contributed by atoms with E-state index >= 15 is 0 Å². The summed E-state index contributed by atoms with van der Waals surface area (Å²) in [7, 11) is 3.10. The van der Waals surface area contributed by atoms with E-state index in [4.69, 9.17) is 20.8 Å². The van der Waals surface area contributed by atoms with Gasteiger partial charge in [-0.1, -0.05) is 11.6 Å². The molecule has 0 saturated carbocycles. The molecule has 23 heavy (non-hydrogen) atoms. The third-order valence-corrected chi connectivity index (χ3v) is 3.76. The van der Waals surface area contributed by atoms with E-state index in [2.05, 4.69) is 5.32 Å². The maximum atomic E-state index is 12.3. The molecule has 0 radical (unpaired) electrons. The molecular weight excluding hydrogens is 320 g/mol. The molecule has 3 aromatic rings. The van der Waals surface area contributed by atoms with Gasteiger partial charge in [0.25, 0.3) is 5.91 Å². The number of halogens is 1. The molecule has 2 aromatic carbocycles. The third kappa shape index (κ3) is 2.80. The van der Waals surface area contributed by atoms with Crippen molar-refractivity contribution in [2.24, 2.45) is 7.05 Å². The van der Waals surface area contributed by atoms with Gasteiger partial charge in [-0.05, 0) is 36.4 Å². The topological polar surface area (TPSA) is 73.5 Å². The lowest BCUT2D eigenvalue weighted by Crippen LogP contribution is -2.12. The molecule has 1 heterocycles. The zero-order valence-electron chi connectivity index (χ0n) is 12.4. The first-order valence-corrected chi connectivity index (χ1v) is 7.12. The largest absolute Gasteiger partial charge is 0.495 e. The lowest BCUT2D eigenvalue weighted by Gasteiger charge is -2.08. The molecule has 1 amide bonds. The normalized spacial score (nSPS) is 10.7. The number of nitrogens with one attached hydrogen (secondary N) is 1. The number of carbonyl (C=O) groups is 1. The second kappa shape index (κ2) is 5.81. The van der Waals surface area contributed by atoms with Crippen LogP contribution in [0.2, 0.25) is 5.02 Å². The predicted octanol–water partition coefficient (Wildman–Crippen LogP) is 3.05. The van der Waals surface area contributed by atoms with Gasteiger partial charge in [0.1, 0.15) is 5.75 Å². The van der Waals surface area contributed by atoms with E-state index in [0.717, 1.165) is 0 Å². The average molecular weight is 333 g/mol. The quantitative estimate of drug-likeness (QED) is 0.800. The number of oxazole rings is 1. The number of benzene rings is 2. The molecule has 0 aliphatic rings. The molecule has 1 N–H and O–H groups in total. The van der Waals surface area contributed by atoms with Gasteiger partial charge in [-0.2, -0.15) is 0 Å². The Kier molecular flexibility index (Phi) is 3.83. The SMILES string of the molecule is COc1ccc(NC(=O)c2ccc3oc(=O)n(C)c3c2)cc1Cl. The molecule has 0 saturated heterocycles. The lowest BCUT2D eigenvalue weighted by atomic mass is 10.2. The van der Waals surface area contributed by atoms with Gasteiger partial charge in [0, 0.05) is 18.3 Å². The number of nitrogens with zero attached hydrogens (tertiary/aromatic N) is 1. The monoisotopic (exact) mass is 332 g/mol. The van der Waals surface area contributed by atoms with E-state index in [1.54, 1.807) is 43.4 Å². The zero-order chi connectivity index (χ0) is 16.6. The van der Waals surface area contributed by atoms with Crippen LogP contribution in [0.25, 0.3) is 11.1 Å². The number of ether oxygens (including phenoxy) is 1. The minimum Gasteiger partial charge on any atom is -0.495 e. The van der Waals surface area contributed by atoms with Gasteiger partial charge < -0.3 is 14.5 Å². The maximum absolute atomic E-state index is 12.3. The molecule has 118 valence electrons. The Balaban J connectivity index is 1.90. The number of aromatic nitrogens is 1. The highest BCUT2D eigenvalue weighted by Gasteiger charge is 2.12. The van der Waals surface area contributed by atoms with Gasteiger partial charge >= 0.3 is 5.76 Å². The first kappa shape index (κ1) is 15.2. The van der Waals surface area contributed by atoms with Crippen LogP contribution in [0.15, 0.2) is 45.6 Å². The molecular formula is C16H13ClN2O4. The second-order valence-corrected chi connectivity index (χ2v) is 5.32. The summed E-state index contributed by atoms with van der Waals surface area (Å²) in [5.74, 6) is -0.263. The summed E-state index contributed by atoms with van der Waals surface area (Å²) < 4.78 is 11.4. The molecule has 0 aliphatic carbocycles. The number of hydrogen-bond acceptors (Lipinski definition) is 4. The number of rotatable bonds is 3. The third-order valence-electron chi connectivity index (χ3n) is 3.46. The molecule has 3 rings (SSSR count). The Labute approximate surface area is 136 Å². The van der Waals surface area contributed by atoms with Crippen molar-refractivity contribution in [2.45, 2.75) is 0 Å². The minimum absolute atomic E-state index is 0.318. The Hall–Kier alpha value is -2.73. The van der Waals surface area contributed by atoms with Crippen LogP contribution in [0, 0.1) is 0 Å². The Morgan fingerprint density at radius 2 is 2.04 bits per heavy atom. The number of aryl methyl sites for hydroxylation is 1. The van der Waals surface area contributed by atoms with Crippen molar-refractivity contribution < 1.29 is 13.9 Å². The van der Waals surface area contributed by atoms with Crippen LogP contribution in [0.3, 0.4) is 0 Å². The van der Waals surface area contributed by atoms with Crippen LogP contribution < -0.4 is 15.8 Å². The average Bonchev–Trinajstić information content (AvgIpc) is 2.82. The predicted molar refractivity (Wildman–Crippen MR) is 87.4 cm³/mol. The molecule has 0 bridgehead atoms. The molecule has 0 fully saturated rings. The molecule has 1 aromatic heterocycles. The van der Waals surface area contributed by atoms with Crippen LogP contribution in [0.1, 0.15) is 10.4 Å². The summed E-state index contributed by atoms with van der Waals surface area (Å²) in [4.78, 5) is 23.8. The number of carbonyl (C=O) groups excluding carboxylic acids is 1. The Bertz CT molecular complexity index is 958. The van der Waals surface area contributed by atoms with Crippen LogP contribution in [0.4, 0.5) is 5.69 Å². The van der Waals surface area contributed by atoms with E-state index in [0.29, 0.717) is 33.1 Å². The van der Waals surface area contributed by atoms with E-state index in [1.165, 1.54) is 11.7 Å². The fraction of sp³-hybridized carbons (Fsp3) is 0.125. The van der Waals surface area contributed by atoms with Gasteiger partial charge in [0.05, 0.1) is 17.6 Å². The van der Waals surface area contributed by atoms with E-state index in [-0.39, 0.29) is 5.91 Å². The molecule has 0 atom stereocenters. The zero-order valence-corrected chi connectivity index (χ0v) is 13.2. The number of methoxy groups -OCH3 is 1. The van der Waals surface area contributed by atoms with Gasteiger partial charge in [0.15, 0.2) is 5.58 Å². The van der Waals surface area contributed by atoms with E-state index in [9.17, 15) is 9.59 Å². The van der Waals surface area contributed by atoms with Crippen molar-refractivity contribution in [1.82, 2.24) is 4.57 Å². The summed E-state index contributed by atoms with van der Waals surface area (Å²) >= 11 is 6.03. The smallest absolute Gasteiger partial charge is 0.419 e. The van der Waals surface area contributed by atoms with Gasteiger partial charge in [-0.25, -0.2) is 4.79 Å². The summed E-state index contributed by atoms with van der Waals surface area (Å²) in [5, 5.41) is 3.15. The van der Waals surface area contributed by atoms with Crippen LogP contribution in [-0.2, 0) is 7.05 Å². The number of hydrogen-bond donors (Lipinski definition) is 1. The molecule has 7 heteroatoms. The van der Waals surface area contributed by atoms with Crippen molar-refractivity contribution in [1.29, 1.82) is 0 Å². The first-order valence-electron chi connectivity index (χ1n) is 6.74. The van der Waals surface area contributed by atoms with Crippen LogP contribution >= 0.6 is 11.6 Å². The first-order chi connectivity index (χ1) is 11.0. The highest BCUT2D eigenvalue weighted by molar-refractivity contribution is 6.32. The Morgan fingerprint density at radius 1 is 1.26 bits per heavy atom. The van der Waals surface area contributed by atoms with Crippen molar-refractivity contribution >= 4 is 34.3 Å². The minimum atomic E-state index is -0.473. The number of fused-ring (bicyclic) bond motifs is 1. The fourth-order valence-corrected chi connectivity index (χ4v) is 2.47. The maximum Gasteiger partial charge on any atom is 0.419 e. The summed E-state index contributed by atoms with van der Waals surface area (Å²) in [6.07, 6.45) is 0. The second-order valence-electron chi connectivity index (χ2n) is 4.91. The highest BCUT2D eigenvalue weighted by atomic mass is 35.5. The van der Waals surface area contributed by atoms with Gasteiger partial charge in [-0.3, -0.25) is 9.36 Å². The highest BCUT2D eigenvalue weighted by Crippen LogP contribution is 2.27. The van der Waals surface area contributed by atoms with Crippen LogP contribution in [-0.4, -0.2) is 17.6 Å². The van der Waals surface area contributed by atoms with Crippen molar-refractivity contribution in [3.8, 4) is 5.75 Å². The van der Waals surface area contributed by atoms with E-state index in [1.807, 2.05) is 0 Å². The van der Waals surface area contributed by atoms with Crippen molar-refractivity contribution in [3.05, 3.63) is 57.5 Å². The number of anilines is 1. The fourth-order valence-electron chi connectivity index (χ4n) is 2.22.